The molecule has 320 valence electrons. The largest absolute Gasteiger partial charge is 0.449 e. The third kappa shape index (κ3) is 8.72. The third-order valence-corrected chi connectivity index (χ3v) is 15.6. The summed E-state index contributed by atoms with van der Waals surface area (Å²) in [6, 6.07) is 25.3. The van der Waals surface area contributed by atoms with E-state index in [9.17, 15) is 9.59 Å². The maximum absolute atomic E-state index is 13.6. The van der Waals surface area contributed by atoms with Crippen molar-refractivity contribution >= 4 is 18.0 Å². The van der Waals surface area contributed by atoms with Gasteiger partial charge in [0.1, 0.15) is 12.9 Å². The highest BCUT2D eigenvalue weighted by molar-refractivity contribution is 5.79. The highest BCUT2D eigenvalue weighted by atomic mass is 16.5. The van der Waals surface area contributed by atoms with E-state index in [0.29, 0.717) is 35.7 Å². The van der Waals surface area contributed by atoms with E-state index in [2.05, 4.69) is 111 Å². The molecule has 5 aliphatic rings. The van der Waals surface area contributed by atoms with Gasteiger partial charge in [-0.15, -0.1) is 0 Å². The van der Waals surface area contributed by atoms with Gasteiger partial charge in [0.05, 0.1) is 12.2 Å². The van der Waals surface area contributed by atoms with Crippen LogP contribution in [0.2, 0.25) is 0 Å². The molecule has 3 N–H and O–H groups in total. The van der Waals surface area contributed by atoms with Gasteiger partial charge in [0.25, 0.3) is 0 Å². The van der Waals surface area contributed by atoms with Crippen LogP contribution in [0.3, 0.4) is 0 Å². The van der Waals surface area contributed by atoms with Gasteiger partial charge in [-0.05, 0) is 145 Å². The average molecular weight is 806 g/mol. The summed E-state index contributed by atoms with van der Waals surface area (Å²) >= 11 is 0. The van der Waals surface area contributed by atoms with Crippen LogP contribution in [0.5, 0.6) is 0 Å². The monoisotopic (exact) mass is 806 g/mol. The molecule has 8 rings (SSSR count). The number of ether oxygens (including phenoxy) is 2. The normalized spacial score (nSPS) is 30.2. The molecule has 7 heteroatoms. The van der Waals surface area contributed by atoms with Crippen molar-refractivity contribution in [2.24, 2.45) is 39.9 Å². The molecule has 0 saturated heterocycles. The summed E-state index contributed by atoms with van der Waals surface area (Å²) in [7, 11) is 3.25. The third-order valence-electron chi connectivity index (χ3n) is 15.6. The number of aldehydes is 1. The Morgan fingerprint density at radius 2 is 1.44 bits per heavy atom. The Morgan fingerprint density at radius 1 is 0.847 bits per heavy atom. The number of aliphatic hydroxyl groups is 2. The number of rotatable bonds is 7. The SMILES string of the molecule is CC(C)(O)CO.CCC1(NC(=O)OCC2c3ccccc3-c3ccccc32)CCC2C(CCC3C2(C)CCC2C(C)(C)C(c4ccc(C=O)cc4)=CCC23C)C1.COC. The van der Waals surface area contributed by atoms with Crippen LogP contribution in [0.15, 0.2) is 78.9 Å². The van der Waals surface area contributed by atoms with Crippen molar-refractivity contribution in [1.82, 2.24) is 5.32 Å². The maximum atomic E-state index is 13.6. The fourth-order valence-corrected chi connectivity index (χ4v) is 12.9. The molecule has 0 spiro atoms. The lowest BCUT2D eigenvalue weighted by Crippen LogP contribution is -2.62. The molecule has 3 aromatic carbocycles. The molecule has 0 aliphatic heterocycles. The fraction of sp³-hybridized carbons (Fsp3) is 0.577. The lowest BCUT2D eigenvalue weighted by atomic mass is 9.37. The molecule has 7 unspecified atom stereocenters. The molecule has 1 amide bonds. The Labute approximate surface area is 354 Å². The topological polar surface area (TPSA) is 105 Å². The summed E-state index contributed by atoms with van der Waals surface area (Å²) in [5.41, 5.74) is 8.05. The van der Waals surface area contributed by atoms with Crippen LogP contribution >= 0.6 is 0 Å². The molecule has 7 nitrogen and oxygen atoms in total. The van der Waals surface area contributed by atoms with Crippen molar-refractivity contribution in [3.05, 3.63) is 101 Å². The van der Waals surface area contributed by atoms with Gasteiger partial charge in [-0.2, -0.15) is 0 Å². The Bertz CT molecular complexity index is 1920. The van der Waals surface area contributed by atoms with Crippen LogP contribution in [-0.2, 0) is 9.47 Å². The van der Waals surface area contributed by atoms with E-state index in [1.165, 1.54) is 65.5 Å². The summed E-state index contributed by atoms with van der Waals surface area (Å²) < 4.78 is 10.3. The first kappa shape index (κ1) is 44.8. The second-order valence-corrected chi connectivity index (χ2v) is 20.1. The van der Waals surface area contributed by atoms with Crippen LogP contribution in [0, 0.1) is 39.9 Å². The maximum Gasteiger partial charge on any atom is 0.407 e. The van der Waals surface area contributed by atoms with Crippen LogP contribution in [0.1, 0.15) is 139 Å². The van der Waals surface area contributed by atoms with Gasteiger partial charge in [-0.1, -0.05) is 113 Å². The standard InChI is InChI=1S/C46H55NO3.C4H10O2.C2H6O/c1-6-46(47-42(49)50-29-37-35-13-9-7-11-33(35)34-12-8-10-14-36(34)37)26-22-39-32(27-46)19-20-41-44(39,4)25-23-40-43(2,3)38(21-24-45(40,41)5)31-17-15-30(28-48)16-18-31;1-4(2,6)3-5;1-3-2/h7-18,21,28,32,37,39-41H,6,19-20,22-27,29H2,1-5H3,(H,47,49);5-6H,3H2,1-2H3;1-2H3. The zero-order valence-electron chi connectivity index (χ0n) is 37.3. The predicted octanol–water partition coefficient (Wildman–Crippen LogP) is 11.3. The molecule has 0 radical (unpaired) electrons. The van der Waals surface area contributed by atoms with Gasteiger partial charge in [-0.3, -0.25) is 4.79 Å². The Balaban J connectivity index is 0.000000591. The van der Waals surface area contributed by atoms with Crippen LogP contribution in [-0.4, -0.2) is 61.2 Å². The number of carbonyl (C=O) groups excluding carboxylic acids is 2. The number of aliphatic hydroxyl groups excluding tert-OH is 1. The van der Waals surface area contributed by atoms with E-state index < -0.39 is 5.60 Å². The molecule has 3 aromatic rings. The quantitative estimate of drug-likeness (QED) is 0.205. The van der Waals surface area contributed by atoms with Crippen molar-refractivity contribution in [3.63, 3.8) is 0 Å². The smallest absolute Gasteiger partial charge is 0.407 e. The van der Waals surface area contributed by atoms with Crippen molar-refractivity contribution in [2.75, 3.05) is 27.4 Å². The van der Waals surface area contributed by atoms with E-state index in [1.54, 1.807) is 28.1 Å². The minimum Gasteiger partial charge on any atom is -0.449 e. The minimum atomic E-state index is -0.903. The highest BCUT2D eigenvalue weighted by Gasteiger charge is 2.63. The van der Waals surface area contributed by atoms with Crippen molar-refractivity contribution in [1.29, 1.82) is 0 Å². The van der Waals surface area contributed by atoms with E-state index in [0.717, 1.165) is 37.5 Å². The van der Waals surface area contributed by atoms with Gasteiger partial charge in [0.2, 0.25) is 0 Å². The molecule has 59 heavy (non-hydrogen) atoms. The minimum absolute atomic E-state index is 0.0741. The molecule has 0 aromatic heterocycles. The number of allylic oxidation sites excluding steroid dienone is 2. The summed E-state index contributed by atoms with van der Waals surface area (Å²) in [5, 5.41) is 20.2. The number of nitrogens with one attached hydrogen (secondary N) is 1. The van der Waals surface area contributed by atoms with E-state index >= 15 is 0 Å². The first-order valence-corrected chi connectivity index (χ1v) is 22.1. The van der Waals surface area contributed by atoms with Gasteiger partial charge < -0.3 is 25.0 Å². The number of carbonyl (C=O) groups is 2. The van der Waals surface area contributed by atoms with Gasteiger partial charge in [-0.25, -0.2) is 4.79 Å². The summed E-state index contributed by atoms with van der Waals surface area (Å²) in [5.74, 6) is 2.75. The average Bonchev–Trinajstić information content (AvgIpc) is 3.53. The number of fused-ring (bicyclic) bond motifs is 8. The van der Waals surface area contributed by atoms with E-state index in [4.69, 9.17) is 14.9 Å². The summed E-state index contributed by atoms with van der Waals surface area (Å²) in [6.07, 6.45) is 13.7. The van der Waals surface area contributed by atoms with E-state index in [-0.39, 0.29) is 35.0 Å². The zero-order chi connectivity index (χ0) is 42.8. The van der Waals surface area contributed by atoms with Crippen LogP contribution in [0.25, 0.3) is 16.7 Å². The van der Waals surface area contributed by atoms with Crippen molar-refractivity contribution in [2.45, 2.75) is 123 Å². The van der Waals surface area contributed by atoms with Crippen LogP contribution < -0.4 is 5.32 Å². The highest BCUT2D eigenvalue weighted by Crippen LogP contribution is 2.71. The lowest BCUT2D eigenvalue weighted by Gasteiger charge is -2.67. The zero-order valence-corrected chi connectivity index (χ0v) is 37.3. The second-order valence-electron chi connectivity index (χ2n) is 20.1. The van der Waals surface area contributed by atoms with Gasteiger partial charge in [0.15, 0.2) is 0 Å². The molecule has 5 aliphatic carbocycles. The first-order valence-electron chi connectivity index (χ1n) is 22.1. The molecule has 7 atom stereocenters. The molecule has 3 saturated carbocycles. The summed E-state index contributed by atoms with van der Waals surface area (Å²) in [4.78, 5) is 24.9. The molecule has 0 heterocycles. The Hall–Kier alpha value is -3.78. The molecule has 3 fully saturated rings. The second kappa shape index (κ2) is 17.7. The van der Waals surface area contributed by atoms with Crippen molar-refractivity contribution < 1.29 is 29.3 Å². The van der Waals surface area contributed by atoms with E-state index in [1.807, 2.05) is 12.1 Å². The van der Waals surface area contributed by atoms with Gasteiger partial charge in [0, 0.05) is 31.2 Å². The first-order chi connectivity index (χ1) is 28.0. The number of amides is 1. The van der Waals surface area contributed by atoms with Crippen molar-refractivity contribution in [3.8, 4) is 11.1 Å². The number of hydrogen-bond acceptors (Lipinski definition) is 6. The lowest BCUT2D eigenvalue weighted by molar-refractivity contribution is -0.163. The Kier molecular flexibility index (Phi) is 13.4. The predicted molar refractivity (Wildman–Crippen MR) is 238 cm³/mol. The molecule has 0 bridgehead atoms. The molecular weight excluding hydrogens is 735 g/mol. The molecular formula is C52H71NO6. The fourth-order valence-electron chi connectivity index (χ4n) is 12.9. The number of hydrogen-bond donors (Lipinski definition) is 3. The number of alkyl carbamates (subject to hydrolysis) is 1. The Morgan fingerprint density at radius 3 is 2.00 bits per heavy atom. The van der Waals surface area contributed by atoms with Gasteiger partial charge >= 0.3 is 6.09 Å². The van der Waals surface area contributed by atoms with Crippen LogP contribution in [0.4, 0.5) is 4.79 Å². The number of methoxy groups -OCH3 is 1. The number of benzene rings is 3. The summed E-state index contributed by atoms with van der Waals surface area (Å²) in [6.45, 7) is 15.8.